The van der Waals surface area contributed by atoms with Gasteiger partial charge in [0.2, 0.25) is 15.9 Å². The quantitative estimate of drug-likeness (QED) is 0.544. The normalized spacial score (nSPS) is 11.4. The minimum Gasteiger partial charge on any atom is -0.351 e. The van der Waals surface area contributed by atoms with Crippen LogP contribution >= 0.6 is 0 Å². The van der Waals surface area contributed by atoms with Gasteiger partial charge in [0.15, 0.2) is 5.78 Å². The number of amides is 1. The molecule has 1 N–H and O–H groups in total. The number of sulfonamides is 1. The van der Waals surface area contributed by atoms with Crippen LogP contribution in [0, 0.1) is 0 Å². The number of likely N-dealkylation sites (N-methyl/N-ethyl adjacent to an activating group) is 1. The number of hydrogen-bond acceptors (Lipinski definition) is 6. The van der Waals surface area contributed by atoms with Gasteiger partial charge >= 0.3 is 0 Å². The summed E-state index contributed by atoms with van der Waals surface area (Å²) < 4.78 is 27.8. The molecule has 3 aromatic rings. The van der Waals surface area contributed by atoms with E-state index in [1.165, 1.54) is 44.6 Å². The minimum absolute atomic E-state index is 0.0199. The fraction of sp³-hybridized carbons (Fsp3) is 0.200. The Morgan fingerprint density at radius 2 is 1.73 bits per heavy atom. The topological polar surface area (TPSA) is 114 Å². The molecule has 2 aromatic carbocycles. The van der Waals surface area contributed by atoms with Crippen molar-refractivity contribution in [3.63, 3.8) is 0 Å². The van der Waals surface area contributed by atoms with Crippen LogP contribution in [0.2, 0.25) is 0 Å². The molecule has 0 saturated heterocycles. The third-order valence-corrected chi connectivity index (χ3v) is 6.26. The van der Waals surface area contributed by atoms with Crippen molar-refractivity contribution in [3.8, 4) is 5.69 Å². The average Bonchev–Trinajstić information content (AvgIpc) is 3.27. The summed E-state index contributed by atoms with van der Waals surface area (Å²) in [6.45, 7) is 1.34. The monoisotopic (exact) mass is 427 g/mol. The van der Waals surface area contributed by atoms with Gasteiger partial charge in [-0.2, -0.15) is 9.40 Å². The second-order valence-electron chi connectivity index (χ2n) is 6.62. The predicted octanol–water partition coefficient (Wildman–Crippen LogP) is 1.41. The highest BCUT2D eigenvalue weighted by molar-refractivity contribution is 7.89. The molecule has 0 aliphatic rings. The van der Waals surface area contributed by atoms with E-state index in [4.69, 9.17) is 0 Å². The Labute approximate surface area is 174 Å². The molecule has 156 valence electrons. The van der Waals surface area contributed by atoms with Crippen LogP contribution in [0.4, 0.5) is 0 Å². The molecule has 3 rings (SSSR count). The molecule has 30 heavy (non-hydrogen) atoms. The van der Waals surface area contributed by atoms with Crippen LogP contribution in [-0.4, -0.2) is 52.8 Å². The van der Waals surface area contributed by atoms with Gasteiger partial charge in [0.1, 0.15) is 12.7 Å². The SMILES string of the molecule is CC(=O)c1ccc(S(=O)(=O)N(C)CC(=O)NCc2ccc(-n3cncn3)cc2)cc1. The summed E-state index contributed by atoms with van der Waals surface area (Å²) in [5, 5.41) is 6.75. The van der Waals surface area contributed by atoms with E-state index in [0.29, 0.717) is 5.56 Å². The third-order valence-electron chi connectivity index (χ3n) is 4.44. The number of nitrogens with one attached hydrogen (secondary N) is 1. The Bertz CT molecular complexity index is 1120. The highest BCUT2D eigenvalue weighted by atomic mass is 32.2. The molecule has 0 unspecified atom stereocenters. The molecule has 9 nitrogen and oxygen atoms in total. The lowest BCUT2D eigenvalue weighted by molar-refractivity contribution is -0.121. The van der Waals surface area contributed by atoms with Crippen LogP contribution in [0.1, 0.15) is 22.8 Å². The van der Waals surface area contributed by atoms with E-state index < -0.39 is 15.9 Å². The van der Waals surface area contributed by atoms with E-state index in [9.17, 15) is 18.0 Å². The lowest BCUT2D eigenvalue weighted by Crippen LogP contribution is -2.38. The fourth-order valence-corrected chi connectivity index (χ4v) is 3.82. The van der Waals surface area contributed by atoms with Crippen molar-refractivity contribution in [2.24, 2.45) is 0 Å². The molecule has 0 radical (unpaired) electrons. The molecule has 0 saturated carbocycles. The van der Waals surface area contributed by atoms with Crippen molar-refractivity contribution in [1.29, 1.82) is 0 Å². The first-order chi connectivity index (χ1) is 14.3. The number of hydrogen-bond donors (Lipinski definition) is 1. The molecule has 10 heteroatoms. The van der Waals surface area contributed by atoms with Crippen molar-refractivity contribution in [3.05, 3.63) is 72.3 Å². The largest absolute Gasteiger partial charge is 0.351 e. The fourth-order valence-electron chi connectivity index (χ4n) is 2.69. The first-order valence-corrected chi connectivity index (χ1v) is 10.5. The summed E-state index contributed by atoms with van der Waals surface area (Å²) in [4.78, 5) is 27.5. The molecule has 0 fully saturated rings. The smallest absolute Gasteiger partial charge is 0.243 e. The van der Waals surface area contributed by atoms with Crippen LogP contribution in [-0.2, 0) is 21.4 Å². The molecular formula is C20H21N5O4S. The summed E-state index contributed by atoms with van der Waals surface area (Å²) in [7, 11) is -2.51. The van der Waals surface area contributed by atoms with Crippen molar-refractivity contribution in [2.75, 3.05) is 13.6 Å². The maximum atomic E-state index is 12.6. The number of aromatic nitrogens is 3. The molecule has 1 amide bonds. The van der Waals surface area contributed by atoms with Crippen molar-refractivity contribution >= 4 is 21.7 Å². The highest BCUT2D eigenvalue weighted by Gasteiger charge is 2.23. The van der Waals surface area contributed by atoms with Crippen LogP contribution in [0.15, 0.2) is 66.1 Å². The standard InChI is InChI=1S/C20H21N5O4S/c1-15(26)17-5-9-19(10-6-17)30(28,29)24(2)12-20(27)22-11-16-3-7-18(8-4-16)25-14-21-13-23-25/h3-10,13-14H,11-12H2,1-2H3,(H,22,27). The molecular weight excluding hydrogens is 406 g/mol. The van der Waals surface area contributed by atoms with E-state index in [2.05, 4.69) is 15.4 Å². The molecule has 1 aromatic heterocycles. The number of ketones is 1. The second-order valence-corrected chi connectivity index (χ2v) is 8.67. The van der Waals surface area contributed by atoms with Crippen molar-refractivity contribution < 1.29 is 18.0 Å². The number of nitrogens with zero attached hydrogens (tertiary/aromatic N) is 4. The van der Waals surface area contributed by atoms with Gasteiger partial charge < -0.3 is 5.32 Å². The van der Waals surface area contributed by atoms with E-state index in [1.54, 1.807) is 11.0 Å². The van der Waals surface area contributed by atoms with E-state index in [0.717, 1.165) is 15.6 Å². The van der Waals surface area contributed by atoms with Gasteiger partial charge in [-0.15, -0.1) is 0 Å². The number of rotatable bonds is 8. The summed E-state index contributed by atoms with van der Waals surface area (Å²) in [5.41, 5.74) is 2.12. The summed E-state index contributed by atoms with van der Waals surface area (Å²) >= 11 is 0. The Hall–Kier alpha value is -3.37. The van der Waals surface area contributed by atoms with Gasteiger partial charge in [-0.05, 0) is 36.8 Å². The molecule has 0 atom stereocenters. The maximum absolute atomic E-state index is 12.6. The van der Waals surface area contributed by atoms with Gasteiger partial charge in [0.25, 0.3) is 0 Å². The van der Waals surface area contributed by atoms with Crippen LogP contribution in [0.25, 0.3) is 5.69 Å². The number of Topliss-reactive ketones (excluding diaryl/α,β-unsaturated/α-hetero) is 1. The van der Waals surface area contributed by atoms with E-state index in [-0.39, 0.29) is 23.8 Å². The van der Waals surface area contributed by atoms with Crippen LogP contribution in [0.5, 0.6) is 0 Å². The highest BCUT2D eigenvalue weighted by Crippen LogP contribution is 2.15. The zero-order valence-corrected chi connectivity index (χ0v) is 17.3. The van der Waals surface area contributed by atoms with Gasteiger partial charge in [-0.1, -0.05) is 24.3 Å². The van der Waals surface area contributed by atoms with E-state index >= 15 is 0 Å². The van der Waals surface area contributed by atoms with Crippen molar-refractivity contribution in [1.82, 2.24) is 24.4 Å². The van der Waals surface area contributed by atoms with Gasteiger partial charge in [0.05, 0.1) is 17.1 Å². The molecule has 0 spiro atoms. The van der Waals surface area contributed by atoms with Gasteiger partial charge in [-0.25, -0.2) is 18.1 Å². The Kier molecular flexibility index (Phi) is 6.38. The lowest BCUT2D eigenvalue weighted by Gasteiger charge is -2.17. The van der Waals surface area contributed by atoms with Crippen LogP contribution in [0.3, 0.4) is 0 Å². The summed E-state index contributed by atoms with van der Waals surface area (Å²) in [6, 6.07) is 13.0. The molecule has 0 aliphatic heterocycles. The number of carbonyl (C=O) groups is 2. The first kappa shape index (κ1) is 21.3. The van der Waals surface area contributed by atoms with E-state index in [1.807, 2.05) is 24.3 Å². The van der Waals surface area contributed by atoms with Gasteiger partial charge in [0, 0.05) is 19.2 Å². The number of benzene rings is 2. The number of carbonyl (C=O) groups excluding carboxylic acids is 2. The second kappa shape index (κ2) is 8.97. The zero-order valence-electron chi connectivity index (χ0n) is 16.5. The Balaban J connectivity index is 1.56. The van der Waals surface area contributed by atoms with Crippen molar-refractivity contribution in [2.45, 2.75) is 18.4 Å². The molecule has 0 bridgehead atoms. The minimum atomic E-state index is -3.84. The molecule has 1 heterocycles. The average molecular weight is 427 g/mol. The zero-order chi connectivity index (χ0) is 21.7. The Morgan fingerprint density at radius 3 is 2.30 bits per heavy atom. The van der Waals surface area contributed by atoms with Crippen LogP contribution < -0.4 is 5.32 Å². The summed E-state index contributed by atoms with van der Waals surface area (Å²) in [5.74, 6) is -0.581. The predicted molar refractivity (Wildman–Crippen MR) is 109 cm³/mol. The first-order valence-electron chi connectivity index (χ1n) is 9.05. The third kappa shape index (κ3) is 4.97. The summed E-state index contributed by atoms with van der Waals surface area (Å²) in [6.07, 6.45) is 3.02. The Morgan fingerprint density at radius 1 is 1.07 bits per heavy atom. The lowest BCUT2D eigenvalue weighted by atomic mass is 10.2. The van der Waals surface area contributed by atoms with Gasteiger partial charge in [-0.3, -0.25) is 9.59 Å². The maximum Gasteiger partial charge on any atom is 0.243 e. The molecule has 0 aliphatic carbocycles.